The van der Waals surface area contributed by atoms with Crippen molar-refractivity contribution in [1.29, 1.82) is 0 Å². The molecule has 1 rings (SSSR count). The van der Waals surface area contributed by atoms with Crippen LogP contribution in [0.25, 0.3) is 0 Å². The number of hydrogen-bond acceptors (Lipinski definition) is 1. The Labute approximate surface area is 109 Å². The zero-order chi connectivity index (χ0) is 12.0. The molecule has 0 aliphatic rings. The molecule has 0 unspecified atom stereocenters. The molecule has 0 aliphatic heterocycles. The number of halogens is 2. The zero-order valence-corrected chi connectivity index (χ0v) is 11.4. The lowest BCUT2D eigenvalue weighted by Gasteiger charge is -2.10. The molecule has 5 heteroatoms. The topological polar surface area (TPSA) is 24.1 Å². The molecule has 1 aromatic rings. The normalized spacial score (nSPS) is 9.94. The second-order valence-electron chi connectivity index (χ2n) is 3.36. The van der Waals surface area contributed by atoms with Crippen molar-refractivity contribution in [3.63, 3.8) is 0 Å². The Morgan fingerprint density at radius 3 is 2.88 bits per heavy atom. The largest absolute Gasteiger partial charge is 0.362 e. The van der Waals surface area contributed by atoms with Crippen LogP contribution in [-0.2, 0) is 0 Å². The fourth-order valence-electron chi connectivity index (χ4n) is 1.13. The average Bonchev–Trinajstić information content (AvgIpc) is 2.24. The maximum atomic E-state index is 13.0. The molecule has 1 aromatic carbocycles. The van der Waals surface area contributed by atoms with Gasteiger partial charge in [0.1, 0.15) is 5.82 Å². The maximum absolute atomic E-state index is 13.0. The minimum Gasteiger partial charge on any atom is -0.362 e. The number of benzene rings is 1. The fraction of sp³-hybridized carbons (Fsp3) is 0.364. The molecule has 0 fully saturated rings. The molecular formula is C11H14BrFN2S. The van der Waals surface area contributed by atoms with E-state index in [9.17, 15) is 4.39 Å². The van der Waals surface area contributed by atoms with Crippen LogP contribution in [0.3, 0.4) is 0 Å². The Hall–Kier alpha value is -0.680. The monoisotopic (exact) mass is 304 g/mol. The Kier molecular flexibility index (Phi) is 5.69. The zero-order valence-electron chi connectivity index (χ0n) is 9.02. The summed E-state index contributed by atoms with van der Waals surface area (Å²) in [4.78, 5) is 0. The highest BCUT2D eigenvalue weighted by Gasteiger charge is 2.01. The molecule has 2 N–H and O–H groups in total. The third-order valence-electron chi connectivity index (χ3n) is 1.99. The predicted molar refractivity (Wildman–Crippen MR) is 73.2 cm³/mol. The summed E-state index contributed by atoms with van der Waals surface area (Å²) in [6, 6.07) is 4.69. The SMILES string of the molecule is CCCCNC(=S)Nc1ccc(F)c(Br)c1. The van der Waals surface area contributed by atoms with Crippen LogP contribution in [0.4, 0.5) is 10.1 Å². The summed E-state index contributed by atoms with van der Waals surface area (Å²) in [6.07, 6.45) is 2.20. The first kappa shape index (κ1) is 13.4. The standard InChI is InChI=1S/C11H14BrFN2S/c1-2-3-6-14-11(16)15-8-4-5-10(13)9(12)7-8/h4-5,7H,2-3,6H2,1H3,(H2,14,15,16). The van der Waals surface area contributed by atoms with Gasteiger partial charge >= 0.3 is 0 Å². The van der Waals surface area contributed by atoms with Gasteiger partial charge in [0.15, 0.2) is 5.11 Å². The van der Waals surface area contributed by atoms with Gasteiger partial charge in [-0.15, -0.1) is 0 Å². The van der Waals surface area contributed by atoms with Crippen LogP contribution in [0.15, 0.2) is 22.7 Å². The van der Waals surface area contributed by atoms with Crippen molar-refractivity contribution in [3.8, 4) is 0 Å². The summed E-state index contributed by atoms with van der Waals surface area (Å²) in [7, 11) is 0. The highest BCUT2D eigenvalue weighted by molar-refractivity contribution is 9.10. The Balaban J connectivity index is 2.46. The first-order chi connectivity index (χ1) is 7.63. The Bertz CT molecular complexity index is 371. The first-order valence-electron chi connectivity index (χ1n) is 5.13. The molecule has 0 aliphatic carbocycles. The van der Waals surface area contributed by atoms with E-state index in [4.69, 9.17) is 12.2 Å². The maximum Gasteiger partial charge on any atom is 0.170 e. The third-order valence-corrected chi connectivity index (χ3v) is 2.85. The molecule has 16 heavy (non-hydrogen) atoms. The van der Waals surface area contributed by atoms with Gasteiger partial charge in [-0.2, -0.15) is 0 Å². The average molecular weight is 305 g/mol. The van der Waals surface area contributed by atoms with E-state index >= 15 is 0 Å². The van der Waals surface area contributed by atoms with E-state index in [1.807, 2.05) is 0 Å². The van der Waals surface area contributed by atoms with E-state index in [0.717, 1.165) is 25.1 Å². The number of thiocarbonyl (C=S) groups is 1. The lowest BCUT2D eigenvalue weighted by Crippen LogP contribution is -2.29. The molecule has 88 valence electrons. The van der Waals surface area contributed by atoms with Gasteiger partial charge in [-0.1, -0.05) is 13.3 Å². The van der Waals surface area contributed by atoms with Crippen molar-refractivity contribution >= 4 is 38.9 Å². The summed E-state index contributed by atoms with van der Waals surface area (Å²) >= 11 is 8.22. The van der Waals surface area contributed by atoms with Crippen molar-refractivity contribution < 1.29 is 4.39 Å². The molecule has 0 atom stereocenters. The molecule has 0 spiro atoms. The van der Waals surface area contributed by atoms with Crippen LogP contribution in [0.2, 0.25) is 0 Å². The van der Waals surface area contributed by atoms with Gasteiger partial charge in [0, 0.05) is 12.2 Å². The van der Waals surface area contributed by atoms with Gasteiger partial charge in [-0.3, -0.25) is 0 Å². The van der Waals surface area contributed by atoms with Crippen LogP contribution in [0, 0.1) is 5.82 Å². The van der Waals surface area contributed by atoms with Gasteiger partial charge in [0.2, 0.25) is 0 Å². The van der Waals surface area contributed by atoms with Gasteiger partial charge in [-0.25, -0.2) is 4.39 Å². The first-order valence-corrected chi connectivity index (χ1v) is 6.33. The van der Waals surface area contributed by atoms with E-state index in [1.54, 1.807) is 12.1 Å². The van der Waals surface area contributed by atoms with E-state index in [-0.39, 0.29) is 5.82 Å². The van der Waals surface area contributed by atoms with Crippen LogP contribution >= 0.6 is 28.1 Å². The van der Waals surface area contributed by atoms with E-state index in [0.29, 0.717) is 9.59 Å². The molecule has 0 aromatic heterocycles. The molecule has 2 nitrogen and oxygen atoms in total. The molecule has 0 bridgehead atoms. The Morgan fingerprint density at radius 2 is 2.25 bits per heavy atom. The quantitative estimate of drug-likeness (QED) is 0.655. The number of nitrogens with one attached hydrogen (secondary N) is 2. The molecule has 0 amide bonds. The Morgan fingerprint density at radius 1 is 1.50 bits per heavy atom. The lowest BCUT2D eigenvalue weighted by atomic mass is 10.3. The van der Waals surface area contributed by atoms with Crippen molar-refractivity contribution in [2.45, 2.75) is 19.8 Å². The summed E-state index contributed by atoms with van der Waals surface area (Å²) in [5, 5.41) is 6.63. The highest BCUT2D eigenvalue weighted by Crippen LogP contribution is 2.19. The van der Waals surface area contributed by atoms with Crippen LogP contribution in [0.5, 0.6) is 0 Å². The number of hydrogen-bond donors (Lipinski definition) is 2. The second-order valence-corrected chi connectivity index (χ2v) is 4.63. The highest BCUT2D eigenvalue weighted by atomic mass is 79.9. The summed E-state index contributed by atoms with van der Waals surface area (Å²) in [5.74, 6) is -0.282. The lowest BCUT2D eigenvalue weighted by molar-refractivity contribution is 0.621. The minimum absolute atomic E-state index is 0.282. The molecule has 0 heterocycles. The van der Waals surface area contributed by atoms with Crippen molar-refractivity contribution in [1.82, 2.24) is 5.32 Å². The van der Waals surface area contributed by atoms with E-state index in [1.165, 1.54) is 6.07 Å². The smallest absolute Gasteiger partial charge is 0.170 e. The van der Waals surface area contributed by atoms with Gasteiger partial charge < -0.3 is 10.6 Å². The number of anilines is 1. The van der Waals surface area contributed by atoms with Gasteiger partial charge in [-0.05, 0) is 52.8 Å². The van der Waals surface area contributed by atoms with Crippen LogP contribution in [-0.4, -0.2) is 11.7 Å². The van der Waals surface area contributed by atoms with Crippen molar-refractivity contribution in [2.75, 3.05) is 11.9 Å². The number of rotatable bonds is 4. The van der Waals surface area contributed by atoms with Crippen LogP contribution in [0.1, 0.15) is 19.8 Å². The summed E-state index contributed by atoms with van der Waals surface area (Å²) in [6.45, 7) is 2.97. The van der Waals surface area contributed by atoms with Gasteiger partial charge in [0.25, 0.3) is 0 Å². The van der Waals surface area contributed by atoms with Crippen molar-refractivity contribution in [2.24, 2.45) is 0 Å². The summed E-state index contributed by atoms with van der Waals surface area (Å²) in [5.41, 5.74) is 0.766. The van der Waals surface area contributed by atoms with Gasteiger partial charge in [0.05, 0.1) is 4.47 Å². The van der Waals surface area contributed by atoms with E-state index in [2.05, 4.69) is 33.5 Å². The molecule has 0 saturated carbocycles. The third kappa shape index (κ3) is 4.45. The molecule has 0 saturated heterocycles. The predicted octanol–water partition coefficient (Wildman–Crippen LogP) is 3.67. The van der Waals surface area contributed by atoms with E-state index < -0.39 is 0 Å². The van der Waals surface area contributed by atoms with Crippen molar-refractivity contribution in [3.05, 3.63) is 28.5 Å². The number of unbranched alkanes of at least 4 members (excludes halogenated alkanes) is 1. The molecular weight excluding hydrogens is 291 g/mol. The summed E-state index contributed by atoms with van der Waals surface area (Å²) < 4.78 is 13.4. The fourth-order valence-corrected chi connectivity index (χ4v) is 1.73. The minimum atomic E-state index is -0.282. The van der Waals surface area contributed by atoms with Crippen LogP contribution < -0.4 is 10.6 Å². The molecule has 0 radical (unpaired) electrons. The second kappa shape index (κ2) is 6.81.